The van der Waals surface area contributed by atoms with Crippen LogP contribution < -0.4 is 10.1 Å². The molecule has 4 nitrogen and oxygen atoms in total. The van der Waals surface area contributed by atoms with E-state index >= 15 is 0 Å². The highest BCUT2D eigenvalue weighted by molar-refractivity contribution is 6.32. The first-order valence-electron chi connectivity index (χ1n) is 8.01. The fraction of sp³-hybridized carbons (Fsp3) is 0.588. The standard InChI is InChI=1S/C17H25ClN2O2/c1-3-20(14-7-5-4-6-8-14)12-17(21)19-13-9-10-16(22-2)15(18)11-13/h9-11,14H,3-8,12H2,1-2H3,(H,19,21). The zero-order chi connectivity index (χ0) is 15.9. The summed E-state index contributed by atoms with van der Waals surface area (Å²) in [6.45, 7) is 3.46. The molecule has 0 heterocycles. The molecule has 1 N–H and O–H groups in total. The van der Waals surface area contributed by atoms with Crippen LogP contribution in [-0.4, -0.2) is 37.0 Å². The molecule has 22 heavy (non-hydrogen) atoms. The van der Waals surface area contributed by atoms with Crippen molar-refractivity contribution in [2.24, 2.45) is 0 Å². The SMILES string of the molecule is CCN(CC(=O)Nc1ccc(OC)c(Cl)c1)C1CCCCC1. The number of benzene rings is 1. The van der Waals surface area contributed by atoms with E-state index in [-0.39, 0.29) is 5.91 Å². The van der Waals surface area contributed by atoms with Gasteiger partial charge < -0.3 is 10.1 Å². The highest BCUT2D eigenvalue weighted by Gasteiger charge is 2.21. The van der Waals surface area contributed by atoms with Gasteiger partial charge in [-0.1, -0.05) is 37.8 Å². The van der Waals surface area contributed by atoms with Crippen LogP contribution in [0, 0.1) is 0 Å². The van der Waals surface area contributed by atoms with Crippen molar-refractivity contribution < 1.29 is 9.53 Å². The van der Waals surface area contributed by atoms with Crippen LogP contribution in [0.25, 0.3) is 0 Å². The van der Waals surface area contributed by atoms with Crippen LogP contribution in [0.15, 0.2) is 18.2 Å². The van der Waals surface area contributed by atoms with Crippen LogP contribution in [-0.2, 0) is 4.79 Å². The molecule has 1 aliphatic rings. The van der Waals surface area contributed by atoms with Crippen molar-refractivity contribution in [2.75, 3.05) is 25.5 Å². The summed E-state index contributed by atoms with van der Waals surface area (Å²) in [4.78, 5) is 14.5. The number of amides is 1. The van der Waals surface area contributed by atoms with Gasteiger partial charge in [0.25, 0.3) is 0 Å². The third kappa shape index (κ3) is 4.62. The summed E-state index contributed by atoms with van der Waals surface area (Å²) in [5.74, 6) is 0.616. The van der Waals surface area contributed by atoms with Crippen LogP contribution in [0.1, 0.15) is 39.0 Å². The number of carbonyl (C=O) groups excluding carboxylic acids is 1. The number of halogens is 1. The molecular formula is C17H25ClN2O2. The Bertz CT molecular complexity index is 501. The minimum atomic E-state index is 0.00802. The second kappa shape index (κ2) is 8.39. The Hall–Kier alpha value is -1.26. The van der Waals surface area contributed by atoms with Crippen molar-refractivity contribution in [3.63, 3.8) is 0 Å². The lowest BCUT2D eigenvalue weighted by Gasteiger charge is -2.32. The van der Waals surface area contributed by atoms with Crippen molar-refractivity contribution in [3.8, 4) is 5.75 Å². The third-order valence-electron chi connectivity index (χ3n) is 4.28. The van der Waals surface area contributed by atoms with Crippen molar-refractivity contribution >= 4 is 23.2 Å². The van der Waals surface area contributed by atoms with Gasteiger partial charge in [0, 0.05) is 11.7 Å². The number of anilines is 1. The average Bonchev–Trinajstić information content (AvgIpc) is 2.53. The summed E-state index contributed by atoms with van der Waals surface area (Å²) in [5.41, 5.74) is 0.704. The molecule has 0 radical (unpaired) electrons. The van der Waals surface area contributed by atoms with Crippen molar-refractivity contribution in [1.29, 1.82) is 0 Å². The molecule has 122 valence electrons. The summed E-state index contributed by atoms with van der Waals surface area (Å²) in [6.07, 6.45) is 6.28. The Balaban J connectivity index is 1.92. The normalized spacial score (nSPS) is 15.8. The predicted octanol–water partition coefficient (Wildman–Crippen LogP) is 3.94. The van der Waals surface area contributed by atoms with E-state index < -0.39 is 0 Å². The zero-order valence-electron chi connectivity index (χ0n) is 13.4. The topological polar surface area (TPSA) is 41.6 Å². The Morgan fingerprint density at radius 2 is 2.09 bits per heavy atom. The molecule has 0 aromatic heterocycles. The highest BCUT2D eigenvalue weighted by Crippen LogP contribution is 2.27. The van der Waals surface area contributed by atoms with Gasteiger partial charge in [-0.05, 0) is 37.6 Å². The van der Waals surface area contributed by atoms with E-state index in [1.54, 1.807) is 25.3 Å². The third-order valence-corrected chi connectivity index (χ3v) is 4.57. The summed E-state index contributed by atoms with van der Waals surface area (Å²) in [6, 6.07) is 5.83. The first-order chi connectivity index (χ1) is 10.6. The number of likely N-dealkylation sites (N-methyl/N-ethyl adjacent to an activating group) is 1. The summed E-state index contributed by atoms with van der Waals surface area (Å²) < 4.78 is 5.11. The first-order valence-corrected chi connectivity index (χ1v) is 8.39. The number of hydrogen-bond donors (Lipinski definition) is 1. The second-order valence-electron chi connectivity index (χ2n) is 5.75. The number of nitrogens with one attached hydrogen (secondary N) is 1. The van der Waals surface area contributed by atoms with E-state index in [9.17, 15) is 4.79 Å². The molecular weight excluding hydrogens is 300 g/mol. The second-order valence-corrected chi connectivity index (χ2v) is 6.16. The molecule has 1 amide bonds. The maximum absolute atomic E-state index is 12.3. The number of rotatable bonds is 6. The van der Waals surface area contributed by atoms with E-state index in [4.69, 9.17) is 16.3 Å². The lowest BCUT2D eigenvalue weighted by molar-refractivity contribution is -0.118. The average molecular weight is 325 g/mol. The van der Waals surface area contributed by atoms with Gasteiger partial charge in [0.05, 0.1) is 18.7 Å². The highest BCUT2D eigenvalue weighted by atomic mass is 35.5. The summed E-state index contributed by atoms with van der Waals surface area (Å²) in [5, 5.41) is 3.42. The van der Waals surface area contributed by atoms with Gasteiger partial charge in [-0.15, -0.1) is 0 Å². The number of ether oxygens (including phenoxy) is 1. The molecule has 1 aromatic rings. The minimum absolute atomic E-state index is 0.00802. The van der Waals surface area contributed by atoms with Crippen LogP contribution in [0.2, 0.25) is 5.02 Å². The van der Waals surface area contributed by atoms with E-state index in [0.717, 1.165) is 6.54 Å². The maximum Gasteiger partial charge on any atom is 0.238 e. The molecule has 2 rings (SSSR count). The molecule has 0 aliphatic heterocycles. The fourth-order valence-corrected chi connectivity index (χ4v) is 3.33. The largest absolute Gasteiger partial charge is 0.495 e. The van der Waals surface area contributed by atoms with E-state index in [1.165, 1.54) is 32.1 Å². The minimum Gasteiger partial charge on any atom is -0.495 e. The van der Waals surface area contributed by atoms with Crippen LogP contribution in [0.5, 0.6) is 5.75 Å². The smallest absolute Gasteiger partial charge is 0.238 e. The number of methoxy groups -OCH3 is 1. The van der Waals surface area contributed by atoms with Crippen molar-refractivity contribution in [1.82, 2.24) is 4.90 Å². The Morgan fingerprint density at radius 3 is 2.68 bits per heavy atom. The lowest BCUT2D eigenvalue weighted by Crippen LogP contribution is -2.41. The Morgan fingerprint density at radius 1 is 1.36 bits per heavy atom. The Kier molecular flexibility index (Phi) is 6.52. The van der Waals surface area contributed by atoms with E-state index in [1.807, 2.05) is 0 Å². The van der Waals surface area contributed by atoms with Gasteiger partial charge >= 0.3 is 0 Å². The molecule has 0 spiro atoms. The molecule has 0 bridgehead atoms. The van der Waals surface area contributed by atoms with Gasteiger partial charge in [0.1, 0.15) is 5.75 Å². The molecule has 5 heteroatoms. The summed E-state index contributed by atoms with van der Waals surface area (Å²) >= 11 is 6.08. The lowest BCUT2D eigenvalue weighted by atomic mass is 9.94. The number of carbonyl (C=O) groups is 1. The van der Waals surface area contributed by atoms with E-state index in [2.05, 4.69) is 17.1 Å². The van der Waals surface area contributed by atoms with Crippen LogP contribution >= 0.6 is 11.6 Å². The predicted molar refractivity (Wildman–Crippen MR) is 90.8 cm³/mol. The Labute approximate surface area is 137 Å². The van der Waals surface area contributed by atoms with E-state index in [0.29, 0.717) is 29.0 Å². The van der Waals surface area contributed by atoms with Gasteiger partial charge in [0.2, 0.25) is 5.91 Å². The molecule has 1 aliphatic carbocycles. The zero-order valence-corrected chi connectivity index (χ0v) is 14.2. The first kappa shape index (κ1) is 17.1. The summed E-state index contributed by atoms with van der Waals surface area (Å²) in [7, 11) is 1.57. The number of hydrogen-bond acceptors (Lipinski definition) is 3. The quantitative estimate of drug-likeness (QED) is 0.861. The van der Waals surface area contributed by atoms with Crippen LogP contribution in [0.3, 0.4) is 0 Å². The van der Waals surface area contributed by atoms with Gasteiger partial charge in [0.15, 0.2) is 0 Å². The maximum atomic E-state index is 12.3. The van der Waals surface area contributed by atoms with Crippen molar-refractivity contribution in [2.45, 2.75) is 45.1 Å². The molecule has 0 unspecified atom stereocenters. The molecule has 1 saturated carbocycles. The van der Waals surface area contributed by atoms with Crippen molar-refractivity contribution in [3.05, 3.63) is 23.2 Å². The molecule has 0 atom stereocenters. The van der Waals surface area contributed by atoms with Crippen LogP contribution in [0.4, 0.5) is 5.69 Å². The van der Waals surface area contributed by atoms with Gasteiger partial charge in [-0.2, -0.15) is 0 Å². The monoisotopic (exact) mass is 324 g/mol. The fourth-order valence-electron chi connectivity index (χ4n) is 3.07. The van der Waals surface area contributed by atoms with Gasteiger partial charge in [-0.25, -0.2) is 0 Å². The molecule has 0 saturated heterocycles. The number of nitrogens with zero attached hydrogens (tertiary/aromatic N) is 1. The molecule has 1 fully saturated rings. The molecule has 1 aromatic carbocycles. The van der Waals surface area contributed by atoms with Gasteiger partial charge in [-0.3, -0.25) is 9.69 Å².